The van der Waals surface area contributed by atoms with E-state index in [1.807, 2.05) is 26.8 Å². The minimum atomic E-state index is -3.50. The van der Waals surface area contributed by atoms with Gasteiger partial charge in [-0.1, -0.05) is 0 Å². The van der Waals surface area contributed by atoms with Gasteiger partial charge in [-0.05, 0) is 69.2 Å². The molecule has 1 aliphatic rings. The maximum atomic E-state index is 12.9. The molecule has 1 aromatic carbocycles. The van der Waals surface area contributed by atoms with Crippen LogP contribution in [0.3, 0.4) is 0 Å². The van der Waals surface area contributed by atoms with Gasteiger partial charge in [0.15, 0.2) is 0 Å². The van der Waals surface area contributed by atoms with E-state index in [4.69, 9.17) is 5.73 Å². The van der Waals surface area contributed by atoms with Gasteiger partial charge in [-0.15, -0.1) is 0 Å². The zero-order valence-corrected chi connectivity index (χ0v) is 13.7. The Morgan fingerprint density at radius 1 is 1.25 bits per heavy atom. The summed E-state index contributed by atoms with van der Waals surface area (Å²) in [6, 6.07) is 1.88. The summed E-state index contributed by atoms with van der Waals surface area (Å²) in [5.74, 6) is 0.498. The van der Waals surface area contributed by atoms with Crippen molar-refractivity contribution in [2.75, 3.05) is 12.8 Å². The fraction of sp³-hybridized carbons (Fsp3) is 0.600. The fourth-order valence-electron chi connectivity index (χ4n) is 2.67. The van der Waals surface area contributed by atoms with Crippen molar-refractivity contribution in [2.45, 2.75) is 51.5 Å². The highest BCUT2D eigenvalue weighted by Gasteiger charge is 2.37. The minimum absolute atomic E-state index is 0.0422. The summed E-state index contributed by atoms with van der Waals surface area (Å²) in [6.45, 7) is 7.52. The van der Waals surface area contributed by atoms with Crippen molar-refractivity contribution in [2.24, 2.45) is 5.92 Å². The molecule has 112 valence electrons. The highest BCUT2D eigenvalue weighted by Crippen LogP contribution is 2.38. The summed E-state index contributed by atoms with van der Waals surface area (Å²) < 4.78 is 27.4. The number of nitrogens with two attached hydrogens (primary N) is 1. The molecule has 1 saturated carbocycles. The van der Waals surface area contributed by atoms with Crippen molar-refractivity contribution >= 4 is 15.7 Å². The molecule has 0 aliphatic heterocycles. The third-order valence-electron chi connectivity index (χ3n) is 4.59. The van der Waals surface area contributed by atoms with E-state index in [1.165, 1.54) is 4.31 Å². The minimum Gasteiger partial charge on any atom is -0.398 e. The van der Waals surface area contributed by atoms with E-state index < -0.39 is 10.0 Å². The first-order valence-electron chi connectivity index (χ1n) is 7.02. The normalized spacial score (nSPS) is 17.5. The lowest BCUT2D eigenvalue weighted by Gasteiger charge is -2.26. The average Bonchev–Trinajstić information content (AvgIpc) is 3.19. The number of anilines is 1. The number of sulfonamides is 1. The molecule has 0 radical (unpaired) electrons. The number of hydrogen-bond acceptors (Lipinski definition) is 3. The van der Waals surface area contributed by atoms with E-state index in [2.05, 4.69) is 0 Å². The molecule has 0 aromatic heterocycles. The second-order valence-electron chi connectivity index (χ2n) is 5.96. The second kappa shape index (κ2) is 5.04. The molecule has 1 aromatic rings. The van der Waals surface area contributed by atoms with Crippen LogP contribution >= 0.6 is 0 Å². The third-order valence-corrected chi connectivity index (χ3v) is 6.81. The first kappa shape index (κ1) is 15.3. The largest absolute Gasteiger partial charge is 0.398 e. The molecule has 5 heteroatoms. The van der Waals surface area contributed by atoms with Crippen LogP contribution in [0.25, 0.3) is 0 Å². The lowest BCUT2D eigenvalue weighted by molar-refractivity contribution is 0.356. The molecule has 2 rings (SSSR count). The van der Waals surface area contributed by atoms with Gasteiger partial charge in [0.25, 0.3) is 0 Å². The summed E-state index contributed by atoms with van der Waals surface area (Å²) in [4.78, 5) is 0.380. The van der Waals surface area contributed by atoms with Gasteiger partial charge in [0, 0.05) is 18.8 Å². The lowest BCUT2D eigenvalue weighted by atomic mass is 10.1. The quantitative estimate of drug-likeness (QED) is 0.869. The molecule has 0 bridgehead atoms. The zero-order valence-electron chi connectivity index (χ0n) is 12.9. The Kier molecular flexibility index (Phi) is 3.86. The zero-order chi connectivity index (χ0) is 15.2. The summed E-state index contributed by atoms with van der Waals surface area (Å²) in [5, 5.41) is 0. The van der Waals surface area contributed by atoms with Crippen LogP contribution in [0.2, 0.25) is 0 Å². The van der Waals surface area contributed by atoms with Crippen molar-refractivity contribution in [1.82, 2.24) is 4.31 Å². The number of benzene rings is 1. The van der Waals surface area contributed by atoms with E-state index in [1.54, 1.807) is 14.0 Å². The molecule has 0 amide bonds. The molecule has 0 saturated heterocycles. The summed E-state index contributed by atoms with van der Waals surface area (Å²) in [6.07, 6.45) is 2.24. The third kappa shape index (κ3) is 2.44. The van der Waals surface area contributed by atoms with Crippen molar-refractivity contribution < 1.29 is 8.42 Å². The Morgan fingerprint density at radius 2 is 1.80 bits per heavy atom. The highest BCUT2D eigenvalue weighted by atomic mass is 32.2. The molecule has 0 spiro atoms. The summed E-state index contributed by atoms with van der Waals surface area (Å²) in [7, 11) is -1.82. The van der Waals surface area contributed by atoms with E-state index in [9.17, 15) is 8.42 Å². The molecule has 1 aliphatic carbocycles. The Morgan fingerprint density at radius 3 is 2.30 bits per heavy atom. The van der Waals surface area contributed by atoms with Crippen LogP contribution in [0.15, 0.2) is 11.0 Å². The van der Waals surface area contributed by atoms with Gasteiger partial charge < -0.3 is 5.73 Å². The fourth-order valence-corrected chi connectivity index (χ4v) is 4.62. The van der Waals surface area contributed by atoms with Crippen molar-refractivity contribution in [3.63, 3.8) is 0 Å². The predicted molar refractivity (Wildman–Crippen MR) is 82.2 cm³/mol. The van der Waals surface area contributed by atoms with Crippen molar-refractivity contribution in [1.29, 1.82) is 0 Å². The number of nitrogen functional groups attached to an aromatic ring is 1. The van der Waals surface area contributed by atoms with Gasteiger partial charge in [-0.25, -0.2) is 8.42 Å². The summed E-state index contributed by atoms with van der Waals surface area (Å²) in [5.41, 5.74) is 8.86. The monoisotopic (exact) mass is 296 g/mol. The first-order valence-corrected chi connectivity index (χ1v) is 8.46. The standard InChI is InChI=1S/C15H24N2O2S/c1-9-8-14(16)11(3)15(10(9)2)20(18,19)17(5)12(4)13-6-7-13/h8,12-13H,6-7,16H2,1-5H3. The number of aryl methyl sites for hydroxylation is 1. The summed E-state index contributed by atoms with van der Waals surface area (Å²) >= 11 is 0. The molecular formula is C15H24N2O2S. The molecule has 1 atom stereocenters. The highest BCUT2D eigenvalue weighted by molar-refractivity contribution is 7.89. The Hall–Kier alpha value is -1.07. The van der Waals surface area contributed by atoms with Crippen LogP contribution in [-0.4, -0.2) is 25.8 Å². The van der Waals surface area contributed by atoms with Crippen LogP contribution in [0.1, 0.15) is 36.5 Å². The van der Waals surface area contributed by atoms with Gasteiger partial charge in [0.05, 0.1) is 4.90 Å². The molecule has 2 N–H and O–H groups in total. The SMILES string of the molecule is Cc1cc(N)c(C)c(S(=O)(=O)N(C)C(C)C2CC2)c1C. The maximum Gasteiger partial charge on any atom is 0.243 e. The number of rotatable bonds is 4. The number of hydrogen-bond donors (Lipinski definition) is 1. The van der Waals surface area contributed by atoms with Crippen molar-refractivity contribution in [3.05, 3.63) is 22.8 Å². The average molecular weight is 296 g/mol. The topological polar surface area (TPSA) is 63.4 Å². The van der Waals surface area contributed by atoms with Gasteiger partial charge in [-0.2, -0.15) is 4.31 Å². The molecule has 0 heterocycles. The van der Waals surface area contributed by atoms with Gasteiger partial charge in [0.2, 0.25) is 10.0 Å². The first-order chi connectivity index (χ1) is 9.17. The smallest absolute Gasteiger partial charge is 0.243 e. The van der Waals surface area contributed by atoms with E-state index >= 15 is 0 Å². The Labute approximate surface area is 122 Å². The Balaban J connectivity index is 2.54. The molecule has 1 fully saturated rings. The molecule has 20 heavy (non-hydrogen) atoms. The van der Waals surface area contributed by atoms with E-state index in [0.29, 0.717) is 22.1 Å². The van der Waals surface area contributed by atoms with Gasteiger partial charge in [-0.3, -0.25) is 0 Å². The number of nitrogens with zero attached hydrogens (tertiary/aromatic N) is 1. The van der Waals surface area contributed by atoms with Gasteiger partial charge >= 0.3 is 0 Å². The predicted octanol–water partition coefficient (Wildman–Crippen LogP) is 2.61. The molecule has 1 unspecified atom stereocenters. The Bertz CT molecular complexity index is 608. The van der Waals surface area contributed by atoms with Crippen LogP contribution in [-0.2, 0) is 10.0 Å². The lowest BCUT2D eigenvalue weighted by Crippen LogP contribution is -2.37. The maximum absolute atomic E-state index is 12.9. The van der Waals surface area contributed by atoms with Gasteiger partial charge in [0.1, 0.15) is 0 Å². The van der Waals surface area contributed by atoms with E-state index in [-0.39, 0.29) is 6.04 Å². The van der Waals surface area contributed by atoms with Crippen LogP contribution in [0.4, 0.5) is 5.69 Å². The van der Waals surface area contributed by atoms with Crippen LogP contribution in [0, 0.1) is 26.7 Å². The molecular weight excluding hydrogens is 272 g/mol. The second-order valence-corrected chi connectivity index (χ2v) is 7.90. The van der Waals surface area contributed by atoms with Crippen LogP contribution in [0.5, 0.6) is 0 Å². The van der Waals surface area contributed by atoms with E-state index in [0.717, 1.165) is 24.0 Å². The van der Waals surface area contributed by atoms with Crippen LogP contribution < -0.4 is 5.73 Å². The van der Waals surface area contributed by atoms with Crippen molar-refractivity contribution in [3.8, 4) is 0 Å². The molecule has 4 nitrogen and oxygen atoms in total.